The van der Waals surface area contributed by atoms with Crippen molar-refractivity contribution in [2.75, 3.05) is 26.2 Å². The fourth-order valence-electron chi connectivity index (χ4n) is 3.64. The van der Waals surface area contributed by atoms with E-state index in [0.29, 0.717) is 5.92 Å². The van der Waals surface area contributed by atoms with Gasteiger partial charge in [-0.25, -0.2) is 0 Å². The largest absolute Gasteiger partial charge is 0.340 e. The van der Waals surface area contributed by atoms with Gasteiger partial charge in [0.1, 0.15) is 0 Å². The summed E-state index contributed by atoms with van der Waals surface area (Å²) in [7, 11) is 0. The van der Waals surface area contributed by atoms with Gasteiger partial charge in [-0.15, -0.1) is 0 Å². The van der Waals surface area contributed by atoms with Gasteiger partial charge in [0.2, 0.25) is 5.91 Å². The Kier molecular flexibility index (Phi) is 5.87. The molecule has 0 aliphatic carbocycles. The highest BCUT2D eigenvalue weighted by atomic mass is 16.2. The molecule has 1 aliphatic heterocycles. The smallest absolute Gasteiger partial charge is 0.230 e. The van der Waals surface area contributed by atoms with Crippen molar-refractivity contribution in [1.29, 1.82) is 0 Å². The van der Waals surface area contributed by atoms with E-state index in [-0.39, 0.29) is 11.8 Å². The van der Waals surface area contributed by atoms with Crippen LogP contribution in [0.5, 0.6) is 0 Å². The summed E-state index contributed by atoms with van der Waals surface area (Å²) >= 11 is 0. The van der Waals surface area contributed by atoms with Crippen LogP contribution in [0.15, 0.2) is 60.7 Å². The van der Waals surface area contributed by atoms with Crippen LogP contribution >= 0.6 is 0 Å². The van der Waals surface area contributed by atoms with E-state index in [1.54, 1.807) is 0 Å². The zero-order valence-electron chi connectivity index (χ0n) is 15.3. The van der Waals surface area contributed by atoms with Gasteiger partial charge in [-0.1, -0.05) is 74.5 Å². The molecule has 132 valence electrons. The minimum Gasteiger partial charge on any atom is -0.340 e. The molecule has 0 radical (unpaired) electrons. The molecule has 2 aromatic rings. The quantitative estimate of drug-likeness (QED) is 0.830. The lowest BCUT2D eigenvalue weighted by atomic mass is 9.87. The fraction of sp³-hybridized carbons (Fsp3) is 0.409. The summed E-state index contributed by atoms with van der Waals surface area (Å²) in [5, 5.41) is 0. The van der Waals surface area contributed by atoms with Gasteiger partial charge >= 0.3 is 0 Å². The number of carbonyl (C=O) groups excluding carboxylic acids is 1. The average Bonchev–Trinajstić information content (AvgIpc) is 2.64. The van der Waals surface area contributed by atoms with E-state index in [1.165, 1.54) is 5.56 Å². The lowest BCUT2D eigenvalue weighted by Crippen LogP contribution is -2.50. The zero-order chi connectivity index (χ0) is 17.6. The van der Waals surface area contributed by atoms with Crippen molar-refractivity contribution in [3.8, 4) is 0 Å². The van der Waals surface area contributed by atoms with Crippen molar-refractivity contribution in [2.24, 2.45) is 5.92 Å². The highest BCUT2D eigenvalue weighted by Crippen LogP contribution is 2.27. The monoisotopic (exact) mass is 336 g/mol. The molecule has 2 aromatic carbocycles. The Hall–Kier alpha value is -2.13. The first-order valence-electron chi connectivity index (χ1n) is 9.25. The molecule has 1 aliphatic rings. The van der Waals surface area contributed by atoms with E-state index >= 15 is 0 Å². The van der Waals surface area contributed by atoms with Crippen LogP contribution < -0.4 is 0 Å². The Morgan fingerprint density at radius 3 is 2.00 bits per heavy atom. The van der Waals surface area contributed by atoms with Crippen molar-refractivity contribution in [3.63, 3.8) is 0 Å². The topological polar surface area (TPSA) is 23.6 Å². The van der Waals surface area contributed by atoms with Crippen LogP contribution in [-0.4, -0.2) is 41.9 Å². The summed E-state index contributed by atoms with van der Waals surface area (Å²) in [5.74, 6) is 0.541. The van der Waals surface area contributed by atoms with Crippen LogP contribution in [0, 0.1) is 5.92 Å². The molecule has 0 N–H and O–H groups in total. The molecule has 0 unspecified atom stereocenters. The predicted octanol–water partition coefficient (Wildman–Crippen LogP) is 3.77. The maximum absolute atomic E-state index is 13.1. The zero-order valence-corrected chi connectivity index (χ0v) is 15.3. The van der Waals surface area contributed by atoms with Gasteiger partial charge in [-0.2, -0.15) is 0 Å². The van der Waals surface area contributed by atoms with E-state index in [9.17, 15) is 4.79 Å². The van der Waals surface area contributed by atoms with Gasteiger partial charge < -0.3 is 4.90 Å². The molecular formula is C22H28N2O. The van der Waals surface area contributed by atoms with E-state index in [0.717, 1.165) is 38.3 Å². The standard InChI is InChI=1S/C22H28N2O/c1-18(2)21(20-11-7-4-8-12-20)22(25)24-15-13-23(14-16-24)17-19-9-5-3-6-10-19/h3-12,18,21H,13-17H2,1-2H3/t21-/m1/s1. The highest BCUT2D eigenvalue weighted by Gasteiger charge is 2.30. The van der Waals surface area contributed by atoms with E-state index in [4.69, 9.17) is 0 Å². The van der Waals surface area contributed by atoms with Crippen molar-refractivity contribution >= 4 is 5.91 Å². The molecule has 25 heavy (non-hydrogen) atoms. The Labute approximate surface area is 151 Å². The second-order valence-electron chi connectivity index (χ2n) is 7.22. The van der Waals surface area contributed by atoms with Gasteiger partial charge in [0.05, 0.1) is 5.92 Å². The van der Waals surface area contributed by atoms with Crippen LogP contribution in [0.2, 0.25) is 0 Å². The summed E-state index contributed by atoms with van der Waals surface area (Å²) in [6, 6.07) is 20.8. The summed E-state index contributed by atoms with van der Waals surface area (Å²) < 4.78 is 0. The summed E-state index contributed by atoms with van der Waals surface area (Å²) in [6.07, 6.45) is 0. The maximum Gasteiger partial charge on any atom is 0.230 e. The molecule has 0 aromatic heterocycles. The van der Waals surface area contributed by atoms with Crippen molar-refractivity contribution in [2.45, 2.75) is 26.3 Å². The van der Waals surface area contributed by atoms with Crippen LogP contribution in [0.25, 0.3) is 0 Å². The third-order valence-electron chi connectivity index (χ3n) is 5.02. The predicted molar refractivity (Wildman–Crippen MR) is 102 cm³/mol. The van der Waals surface area contributed by atoms with Gasteiger partial charge in [0.15, 0.2) is 0 Å². The molecule has 1 atom stereocenters. The Bertz CT molecular complexity index is 661. The Morgan fingerprint density at radius 2 is 1.44 bits per heavy atom. The molecule has 3 nitrogen and oxygen atoms in total. The van der Waals surface area contributed by atoms with Crippen LogP contribution in [0.4, 0.5) is 0 Å². The molecule has 3 heteroatoms. The second-order valence-corrected chi connectivity index (χ2v) is 7.22. The number of nitrogens with zero attached hydrogens (tertiary/aromatic N) is 2. The Morgan fingerprint density at radius 1 is 0.880 bits per heavy atom. The number of carbonyl (C=O) groups is 1. The maximum atomic E-state index is 13.1. The molecule has 3 rings (SSSR count). The average molecular weight is 336 g/mol. The normalized spacial score (nSPS) is 16.8. The molecule has 0 bridgehead atoms. The molecule has 1 saturated heterocycles. The van der Waals surface area contributed by atoms with E-state index in [2.05, 4.69) is 66.1 Å². The number of amides is 1. The molecule has 1 fully saturated rings. The lowest BCUT2D eigenvalue weighted by molar-refractivity contribution is -0.135. The first kappa shape index (κ1) is 17.7. The molecule has 1 amide bonds. The summed E-state index contributed by atoms with van der Waals surface area (Å²) in [4.78, 5) is 17.6. The third kappa shape index (κ3) is 4.49. The first-order valence-corrected chi connectivity index (χ1v) is 9.25. The van der Waals surface area contributed by atoms with Crippen molar-refractivity contribution < 1.29 is 4.79 Å². The number of rotatable bonds is 5. The fourth-order valence-corrected chi connectivity index (χ4v) is 3.64. The lowest BCUT2D eigenvalue weighted by Gasteiger charge is -2.37. The van der Waals surface area contributed by atoms with Crippen molar-refractivity contribution in [1.82, 2.24) is 9.80 Å². The third-order valence-corrected chi connectivity index (χ3v) is 5.02. The summed E-state index contributed by atoms with van der Waals surface area (Å²) in [6.45, 7) is 8.78. The first-order chi connectivity index (χ1) is 12.1. The molecule has 0 saturated carbocycles. The molecular weight excluding hydrogens is 308 g/mol. The van der Waals surface area contributed by atoms with Gasteiger partial charge in [-0.05, 0) is 17.0 Å². The van der Waals surface area contributed by atoms with E-state index < -0.39 is 0 Å². The molecule has 0 spiro atoms. The SMILES string of the molecule is CC(C)[C@@H](C(=O)N1CCN(Cc2ccccc2)CC1)c1ccccc1. The van der Waals surface area contributed by atoms with Crippen LogP contribution in [0.3, 0.4) is 0 Å². The number of hydrogen-bond acceptors (Lipinski definition) is 2. The number of piperazine rings is 1. The van der Waals surface area contributed by atoms with Gasteiger partial charge in [0.25, 0.3) is 0 Å². The number of benzene rings is 2. The van der Waals surface area contributed by atoms with Crippen LogP contribution in [0.1, 0.15) is 30.9 Å². The highest BCUT2D eigenvalue weighted by molar-refractivity contribution is 5.84. The summed E-state index contributed by atoms with van der Waals surface area (Å²) in [5.41, 5.74) is 2.47. The minimum atomic E-state index is -0.0399. The van der Waals surface area contributed by atoms with Crippen molar-refractivity contribution in [3.05, 3.63) is 71.8 Å². The molecule has 1 heterocycles. The van der Waals surface area contributed by atoms with Gasteiger partial charge in [-0.3, -0.25) is 9.69 Å². The minimum absolute atomic E-state index is 0.0399. The second kappa shape index (κ2) is 8.30. The van der Waals surface area contributed by atoms with E-state index in [1.807, 2.05) is 18.2 Å². The van der Waals surface area contributed by atoms with Gasteiger partial charge in [0, 0.05) is 32.7 Å². The number of hydrogen-bond donors (Lipinski definition) is 0. The van der Waals surface area contributed by atoms with Crippen LogP contribution in [-0.2, 0) is 11.3 Å². The Balaban J connectivity index is 1.60.